The van der Waals surface area contributed by atoms with Gasteiger partial charge in [0.2, 0.25) is 0 Å². The molecule has 1 rings (SSSR count). The topological polar surface area (TPSA) is 29.5 Å². The molecule has 12 heavy (non-hydrogen) atoms. The summed E-state index contributed by atoms with van der Waals surface area (Å²) in [5.41, 5.74) is 0. The van der Waals surface area contributed by atoms with E-state index in [1.165, 1.54) is 0 Å². The zero-order valence-electron chi connectivity index (χ0n) is 7.88. The predicted molar refractivity (Wildman–Crippen MR) is 46.7 cm³/mol. The van der Waals surface area contributed by atoms with Crippen molar-refractivity contribution in [2.75, 3.05) is 13.1 Å². The number of nitrogens with zero attached hydrogens (tertiary/aromatic N) is 1. The lowest BCUT2D eigenvalue weighted by atomic mass is 10.2. The van der Waals surface area contributed by atoms with Gasteiger partial charge in [-0.25, -0.2) is 0 Å². The molecule has 1 aliphatic heterocycles. The third kappa shape index (κ3) is 3.32. The van der Waals surface area contributed by atoms with Crippen LogP contribution in [0.15, 0.2) is 0 Å². The third-order valence-corrected chi connectivity index (χ3v) is 1.86. The van der Waals surface area contributed by atoms with Gasteiger partial charge in [-0.15, -0.1) is 0 Å². The van der Waals surface area contributed by atoms with Gasteiger partial charge < -0.3 is 0 Å². The largest absolute Gasteiger partial charge is 0.300 e. The maximum atomic E-state index is 11.0. The summed E-state index contributed by atoms with van der Waals surface area (Å²) in [6, 6.07) is 0. The first kappa shape index (κ1) is 9.68. The van der Waals surface area contributed by atoms with Gasteiger partial charge in [0.25, 0.3) is 0 Å². The summed E-state index contributed by atoms with van der Waals surface area (Å²) in [5.74, 6) is 0.366. The van der Waals surface area contributed by atoms with Gasteiger partial charge >= 0.3 is 0 Å². The van der Waals surface area contributed by atoms with Gasteiger partial charge in [0.15, 0.2) is 0 Å². The summed E-state index contributed by atoms with van der Waals surface area (Å²) < 4.78 is 0. The smallest absolute Gasteiger partial charge is 0.134 e. The Labute approximate surface area is 73.6 Å². The van der Waals surface area contributed by atoms with Crippen molar-refractivity contribution in [1.29, 1.82) is 0 Å². The maximum Gasteiger partial charge on any atom is 0.134 e. The number of hydrogen-bond acceptors (Lipinski definition) is 3. The molecule has 1 saturated heterocycles. The van der Waals surface area contributed by atoms with E-state index in [-0.39, 0.29) is 6.10 Å². The Hall–Kier alpha value is -0.410. The lowest BCUT2D eigenvalue weighted by Crippen LogP contribution is -2.28. The van der Waals surface area contributed by atoms with Crippen LogP contribution in [-0.4, -0.2) is 30.0 Å². The Kier molecular flexibility index (Phi) is 3.69. The van der Waals surface area contributed by atoms with Crippen LogP contribution < -0.4 is 0 Å². The number of hydrogen-bond donors (Lipinski definition) is 0. The zero-order chi connectivity index (χ0) is 8.97. The zero-order valence-corrected chi connectivity index (χ0v) is 7.88. The van der Waals surface area contributed by atoms with Crippen molar-refractivity contribution in [3.63, 3.8) is 0 Å². The Balaban J connectivity index is 2.30. The quantitative estimate of drug-likeness (QED) is 0.628. The van der Waals surface area contributed by atoms with Gasteiger partial charge in [-0.3, -0.25) is 9.63 Å². The number of ketones is 1. The van der Waals surface area contributed by atoms with Crippen LogP contribution in [0, 0.1) is 0 Å². The number of Topliss-reactive ketones (excluding diaryl/α,β-unsaturated/α-hetero) is 1. The minimum atomic E-state index is 0.221. The van der Waals surface area contributed by atoms with Crippen LogP contribution >= 0.6 is 0 Å². The van der Waals surface area contributed by atoms with Crippen LogP contribution in [0.25, 0.3) is 0 Å². The van der Waals surface area contributed by atoms with E-state index in [0.29, 0.717) is 12.2 Å². The van der Waals surface area contributed by atoms with E-state index in [4.69, 9.17) is 4.84 Å². The van der Waals surface area contributed by atoms with Gasteiger partial charge in [-0.2, -0.15) is 5.06 Å². The molecule has 3 heteroatoms. The molecule has 0 amide bonds. The van der Waals surface area contributed by atoms with Gasteiger partial charge in [0, 0.05) is 25.9 Å². The highest BCUT2D eigenvalue weighted by Gasteiger charge is 2.14. The molecule has 0 N–H and O–H groups in total. The van der Waals surface area contributed by atoms with E-state index in [2.05, 4.69) is 0 Å². The molecule has 1 aliphatic rings. The van der Waals surface area contributed by atoms with Crippen LogP contribution in [-0.2, 0) is 9.63 Å². The number of rotatable bonds is 2. The molecule has 0 aromatic rings. The van der Waals surface area contributed by atoms with Crippen molar-refractivity contribution in [2.45, 2.75) is 39.2 Å². The maximum absolute atomic E-state index is 11.0. The Morgan fingerprint density at radius 3 is 2.75 bits per heavy atom. The molecule has 70 valence electrons. The average molecular weight is 171 g/mol. The van der Waals surface area contributed by atoms with Crippen molar-refractivity contribution < 1.29 is 9.63 Å². The lowest BCUT2D eigenvalue weighted by molar-refractivity contribution is -0.185. The molecule has 0 spiro atoms. The number of carbonyl (C=O) groups is 1. The molecule has 0 aromatic carbocycles. The molecule has 0 saturated carbocycles. The first-order chi connectivity index (χ1) is 5.68. The number of hydroxylamine groups is 2. The normalized spacial score (nSPS) is 21.4. The predicted octanol–water partition coefficient (Wildman–Crippen LogP) is 1.38. The summed E-state index contributed by atoms with van der Waals surface area (Å²) >= 11 is 0. The highest BCUT2D eigenvalue weighted by molar-refractivity contribution is 5.78. The molecule has 0 atom stereocenters. The first-order valence-corrected chi connectivity index (χ1v) is 4.62. The van der Waals surface area contributed by atoms with Crippen LogP contribution in [0.1, 0.15) is 33.1 Å². The van der Waals surface area contributed by atoms with Gasteiger partial charge in [0.1, 0.15) is 5.78 Å². The molecule has 0 bridgehead atoms. The van der Waals surface area contributed by atoms with Crippen molar-refractivity contribution in [2.24, 2.45) is 0 Å². The first-order valence-electron chi connectivity index (χ1n) is 4.62. The van der Waals surface area contributed by atoms with E-state index in [9.17, 15) is 4.79 Å². The third-order valence-electron chi connectivity index (χ3n) is 1.86. The fourth-order valence-corrected chi connectivity index (χ4v) is 1.34. The van der Waals surface area contributed by atoms with Crippen LogP contribution in [0.3, 0.4) is 0 Å². The van der Waals surface area contributed by atoms with Gasteiger partial charge in [-0.05, 0) is 20.3 Å². The SMILES string of the molecule is CC(C)ON1CCCC(=O)CC1. The van der Waals surface area contributed by atoms with E-state index < -0.39 is 0 Å². The standard InChI is InChI=1S/C9H17NO2/c1-8(2)12-10-6-3-4-9(11)5-7-10/h8H,3-7H2,1-2H3. The molecule has 1 fully saturated rings. The van der Waals surface area contributed by atoms with Gasteiger partial charge in [-0.1, -0.05) is 0 Å². The van der Waals surface area contributed by atoms with E-state index in [1.54, 1.807) is 0 Å². The Morgan fingerprint density at radius 2 is 2.08 bits per heavy atom. The van der Waals surface area contributed by atoms with Crippen LogP contribution in [0.5, 0.6) is 0 Å². The summed E-state index contributed by atoms with van der Waals surface area (Å²) in [7, 11) is 0. The number of carbonyl (C=O) groups excluding carboxylic acids is 1. The van der Waals surface area contributed by atoms with Crippen molar-refractivity contribution in [1.82, 2.24) is 5.06 Å². The fourth-order valence-electron chi connectivity index (χ4n) is 1.34. The minimum Gasteiger partial charge on any atom is -0.300 e. The van der Waals surface area contributed by atoms with E-state index in [0.717, 1.165) is 25.9 Å². The molecular formula is C9H17NO2. The monoisotopic (exact) mass is 171 g/mol. The summed E-state index contributed by atoms with van der Waals surface area (Å²) in [5, 5.41) is 1.91. The minimum absolute atomic E-state index is 0.221. The lowest BCUT2D eigenvalue weighted by Gasteiger charge is -2.21. The van der Waals surface area contributed by atoms with Crippen molar-refractivity contribution >= 4 is 5.78 Å². The van der Waals surface area contributed by atoms with Crippen molar-refractivity contribution in [3.8, 4) is 0 Å². The Morgan fingerprint density at radius 1 is 1.33 bits per heavy atom. The second kappa shape index (κ2) is 4.58. The summed E-state index contributed by atoms with van der Waals surface area (Å²) in [6.07, 6.45) is 2.52. The van der Waals surface area contributed by atoms with Gasteiger partial charge in [0.05, 0.1) is 6.10 Å². The molecule has 3 nitrogen and oxygen atoms in total. The molecule has 1 heterocycles. The van der Waals surface area contributed by atoms with Crippen LogP contribution in [0.4, 0.5) is 0 Å². The summed E-state index contributed by atoms with van der Waals surface area (Å²) in [4.78, 5) is 16.5. The van der Waals surface area contributed by atoms with E-state index in [1.807, 2.05) is 18.9 Å². The van der Waals surface area contributed by atoms with Crippen molar-refractivity contribution in [3.05, 3.63) is 0 Å². The molecule has 0 aromatic heterocycles. The Bertz CT molecular complexity index is 157. The second-order valence-electron chi connectivity index (χ2n) is 3.48. The summed E-state index contributed by atoms with van der Waals surface area (Å²) in [6.45, 7) is 5.67. The average Bonchev–Trinajstić information content (AvgIpc) is 2.15. The molecule has 0 aliphatic carbocycles. The highest BCUT2D eigenvalue weighted by atomic mass is 16.7. The molecular weight excluding hydrogens is 154 g/mol. The molecule has 0 radical (unpaired) electrons. The molecule has 0 unspecified atom stereocenters. The second-order valence-corrected chi connectivity index (χ2v) is 3.48. The highest BCUT2D eigenvalue weighted by Crippen LogP contribution is 2.08. The van der Waals surface area contributed by atoms with Crippen LogP contribution in [0.2, 0.25) is 0 Å². The van der Waals surface area contributed by atoms with E-state index >= 15 is 0 Å². The fraction of sp³-hybridized carbons (Fsp3) is 0.889.